The first-order valence-corrected chi connectivity index (χ1v) is 5.81. The Labute approximate surface area is 96.9 Å². The SMILES string of the molecule is CCCN(C)Cc1cccc2ccncc12. The predicted octanol–water partition coefficient (Wildman–Crippen LogP) is 3.08. The third-order valence-electron chi connectivity index (χ3n) is 2.82. The molecule has 1 heterocycles. The van der Waals surface area contributed by atoms with Crippen molar-refractivity contribution in [1.29, 1.82) is 0 Å². The van der Waals surface area contributed by atoms with E-state index in [4.69, 9.17) is 0 Å². The van der Waals surface area contributed by atoms with Gasteiger partial charge in [-0.3, -0.25) is 4.98 Å². The van der Waals surface area contributed by atoms with Crippen molar-refractivity contribution in [3.63, 3.8) is 0 Å². The van der Waals surface area contributed by atoms with E-state index in [0.29, 0.717) is 0 Å². The van der Waals surface area contributed by atoms with Crippen molar-refractivity contribution in [1.82, 2.24) is 9.88 Å². The first-order valence-electron chi connectivity index (χ1n) is 5.81. The highest BCUT2D eigenvalue weighted by atomic mass is 15.1. The van der Waals surface area contributed by atoms with E-state index >= 15 is 0 Å². The molecule has 0 amide bonds. The van der Waals surface area contributed by atoms with Gasteiger partial charge >= 0.3 is 0 Å². The largest absolute Gasteiger partial charge is 0.302 e. The number of benzene rings is 1. The Bertz CT molecular complexity index is 460. The molecule has 0 aliphatic carbocycles. The van der Waals surface area contributed by atoms with Gasteiger partial charge in [-0.15, -0.1) is 0 Å². The van der Waals surface area contributed by atoms with E-state index in [-0.39, 0.29) is 0 Å². The Morgan fingerprint density at radius 2 is 2.12 bits per heavy atom. The van der Waals surface area contributed by atoms with Crippen LogP contribution in [0.5, 0.6) is 0 Å². The quantitative estimate of drug-likeness (QED) is 0.777. The van der Waals surface area contributed by atoms with Crippen molar-refractivity contribution < 1.29 is 0 Å². The maximum Gasteiger partial charge on any atom is 0.0349 e. The topological polar surface area (TPSA) is 16.1 Å². The van der Waals surface area contributed by atoms with Gasteiger partial charge in [-0.1, -0.05) is 25.1 Å². The summed E-state index contributed by atoms with van der Waals surface area (Å²) in [5.74, 6) is 0. The van der Waals surface area contributed by atoms with Crippen LogP contribution in [-0.4, -0.2) is 23.5 Å². The van der Waals surface area contributed by atoms with Crippen molar-refractivity contribution >= 4 is 10.8 Å². The molecule has 0 bridgehead atoms. The minimum Gasteiger partial charge on any atom is -0.302 e. The molecule has 1 aromatic carbocycles. The molecule has 0 aliphatic rings. The lowest BCUT2D eigenvalue weighted by Gasteiger charge is -2.16. The number of hydrogen-bond acceptors (Lipinski definition) is 2. The van der Waals surface area contributed by atoms with E-state index in [2.05, 4.69) is 48.1 Å². The van der Waals surface area contributed by atoms with Crippen LogP contribution in [0.4, 0.5) is 0 Å². The monoisotopic (exact) mass is 214 g/mol. The minimum atomic E-state index is 0.997. The minimum absolute atomic E-state index is 0.997. The lowest BCUT2D eigenvalue weighted by Crippen LogP contribution is -2.18. The lowest BCUT2D eigenvalue weighted by atomic mass is 10.1. The van der Waals surface area contributed by atoms with Crippen molar-refractivity contribution in [3.05, 3.63) is 42.2 Å². The molecule has 2 nitrogen and oxygen atoms in total. The third kappa shape index (κ3) is 2.39. The summed E-state index contributed by atoms with van der Waals surface area (Å²) in [5.41, 5.74) is 1.36. The van der Waals surface area contributed by atoms with Crippen LogP contribution in [0.15, 0.2) is 36.7 Å². The van der Waals surface area contributed by atoms with E-state index in [1.165, 1.54) is 22.8 Å². The molecule has 16 heavy (non-hydrogen) atoms. The molecule has 2 rings (SSSR count). The maximum absolute atomic E-state index is 4.21. The Kier molecular flexibility index (Phi) is 3.52. The van der Waals surface area contributed by atoms with Crippen molar-refractivity contribution in [2.45, 2.75) is 19.9 Å². The van der Waals surface area contributed by atoms with E-state index in [9.17, 15) is 0 Å². The molecule has 2 aromatic rings. The first-order chi connectivity index (χ1) is 7.81. The van der Waals surface area contributed by atoms with Crippen LogP contribution in [-0.2, 0) is 6.54 Å². The summed E-state index contributed by atoms with van der Waals surface area (Å²) in [6, 6.07) is 8.52. The lowest BCUT2D eigenvalue weighted by molar-refractivity contribution is 0.329. The van der Waals surface area contributed by atoms with Crippen LogP contribution in [0.3, 0.4) is 0 Å². The fourth-order valence-electron chi connectivity index (χ4n) is 2.07. The van der Waals surface area contributed by atoms with Gasteiger partial charge in [0.15, 0.2) is 0 Å². The molecule has 0 N–H and O–H groups in total. The molecule has 1 aromatic heterocycles. The van der Waals surface area contributed by atoms with Gasteiger partial charge in [-0.25, -0.2) is 0 Å². The standard InChI is InChI=1S/C14H18N2/c1-3-9-16(2)11-13-6-4-5-12-7-8-15-10-14(12)13/h4-8,10H,3,9,11H2,1-2H3. The highest BCUT2D eigenvalue weighted by molar-refractivity contribution is 5.84. The van der Waals surface area contributed by atoms with Crippen LogP contribution < -0.4 is 0 Å². The van der Waals surface area contributed by atoms with Gasteiger partial charge in [0, 0.05) is 24.3 Å². The highest BCUT2D eigenvalue weighted by Crippen LogP contribution is 2.18. The molecule has 0 saturated heterocycles. The smallest absolute Gasteiger partial charge is 0.0349 e. The molecule has 0 saturated carbocycles. The summed E-state index contributed by atoms with van der Waals surface area (Å²) in [6.45, 7) is 4.34. The van der Waals surface area contributed by atoms with Gasteiger partial charge in [0.2, 0.25) is 0 Å². The van der Waals surface area contributed by atoms with E-state index in [0.717, 1.165) is 13.1 Å². The Hall–Kier alpha value is -1.41. The van der Waals surface area contributed by atoms with Crippen molar-refractivity contribution in [3.8, 4) is 0 Å². The summed E-state index contributed by atoms with van der Waals surface area (Å²) in [7, 11) is 2.17. The van der Waals surface area contributed by atoms with Gasteiger partial charge < -0.3 is 4.90 Å². The van der Waals surface area contributed by atoms with Crippen LogP contribution in [0.1, 0.15) is 18.9 Å². The zero-order valence-electron chi connectivity index (χ0n) is 9.98. The summed E-state index contributed by atoms with van der Waals surface area (Å²) in [4.78, 5) is 6.56. The fourth-order valence-corrected chi connectivity index (χ4v) is 2.07. The molecule has 2 heteroatoms. The number of rotatable bonds is 4. The second kappa shape index (κ2) is 5.08. The zero-order chi connectivity index (χ0) is 11.4. The average molecular weight is 214 g/mol. The molecule has 0 spiro atoms. The molecule has 84 valence electrons. The van der Waals surface area contributed by atoms with Crippen molar-refractivity contribution in [2.75, 3.05) is 13.6 Å². The Morgan fingerprint density at radius 1 is 1.25 bits per heavy atom. The predicted molar refractivity (Wildman–Crippen MR) is 68.4 cm³/mol. The van der Waals surface area contributed by atoms with Crippen LogP contribution in [0, 0.1) is 0 Å². The first kappa shape index (κ1) is 11.1. The number of nitrogens with zero attached hydrogens (tertiary/aromatic N) is 2. The summed E-state index contributed by atoms with van der Waals surface area (Å²) in [6.07, 6.45) is 5.01. The number of pyridine rings is 1. The van der Waals surface area contributed by atoms with E-state index in [1.54, 1.807) is 0 Å². The highest BCUT2D eigenvalue weighted by Gasteiger charge is 2.03. The normalized spacial score (nSPS) is 11.2. The second-order valence-electron chi connectivity index (χ2n) is 4.25. The molecular formula is C14H18N2. The molecule has 0 fully saturated rings. The number of hydrogen-bond donors (Lipinski definition) is 0. The van der Waals surface area contributed by atoms with Crippen LogP contribution >= 0.6 is 0 Å². The summed E-state index contributed by atoms with van der Waals surface area (Å²) >= 11 is 0. The molecular weight excluding hydrogens is 196 g/mol. The van der Waals surface area contributed by atoms with Gasteiger partial charge in [0.25, 0.3) is 0 Å². The number of aromatic nitrogens is 1. The summed E-state index contributed by atoms with van der Waals surface area (Å²) < 4.78 is 0. The maximum atomic E-state index is 4.21. The summed E-state index contributed by atoms with van der Waals surface area (Å²) in [5, 5.41) is 2.55. The average Bonchev–Trinajstić information content (AvgIpc) is 2.30. The van der Waals surface area contributed by atoms with Crippen LogP contribution in [0.25, 0.3) is 10.8 Å². The Morgan fingerprint density at radius 3 is 2.94 bits per heavy atom. The van der Waals surface area contributed by atoms with Crippen molar-refractivity contribution in [2.24, 2.45) is 0 Å². The van der Waals surface area contributed by atoms with Crippen LogP contribution in [0.2, 0.25) is 0 Å². The third-order valence-corrected chi connectivity index (χ3v) is 2.82. The second-order valence-corrected chi connectivity index (χ2v) is 4.25. The van der Waals surface area contributed by atoms with Gasteiger partial charge in [0.1, 0.15) is 0 Å². The molecule has 0 unspecified atom stereocenters. The molecule has 0 atom stereocenters. The molecule has 0 radical (unpaired) electrons. The Balaban J connectivity index is 2.30. The fraction of sp³-hybridized carbons (Fsp3) is 0.357. The zero-order valence-corrected chi connectivity index (χ0v) is 9.98. The van der Waals surface area contributed by atoms with Gasteiger partial charge in [-0.2, -0.15) is 0 Å². The number of fused-ring (bicyclic) bond motifs is 1. The van der Waals surface area contributed by atoms with Gasteiger partial charge in [0.05, 0.1) is 0 Å². The van der Waals surface area contributed by atoms with E-state index < -0.39 is 0 Å². The van der Waals surface area contributed by atoms with Gasteiger partial charge in [-0.05, 0) is 37.0 Å². The van der Waals surface area contributed by atoms with E-state index in [1.807, 2.05) is 12.4 Å². The molecule has 0 aliphatic heterocycles.